The van der Waals surface area contributed by atoms with Crippen LogP contribution >= 0.6 is 11.8 Å². The summed E-state index contributed by atoms with van der Waals surface area (Å²) >= 11 is 1.53. The van der Waals surface area contributed by atoms with Gasteiger partial charge in [-0.1, -0.05) is 41.6 Å². The van der Waals surface area contributed by atoms with E-state index in [1.54, 1.807) is 17.8 Å². The number of fused-ring (bicyclic) bond motifs is 3. The van der Waals surface area contributed by atoms with Crippen molar-refractivity contribution in [2.45, 2.75) is 30.8 Å². The highest BCUT2D eigenvalue weighted by Crippen LogP contribution is 2.32. The molecule has 0 N–H and O–H groups in total. The van der Waals surface area contributed by atoms with Crippen LogP contribution in [-0.4, -0.2) is 44.8 Å². The highest BCUT2D eigenvalue weighted by Gasteiger charge is 2.29. The summed E-state index contributed by atoms with van der Waals surface area (Å²) in [6.45, 7) is 2.71. The number of aromatic nitrogens is 4. The molecule has 0 saturated carbocycles. The average molecular weight is 368 g/mol. The number of hydrogen-bond donors (Lipinski definition) is 0. The molecule has 26 heavy (non-hydrogen) atoms. The molecule has 0 fully saturated rings. The molecule has 0 bridgehead atoms. The Hall–Kier alpha value is -2.25. The SMILES string of the molecule is COCCSc1nc2ncc3c(n2n1)CC(c1ccc(C)cc1)CC3=O. The van der Waals surface area contributed by atoms with Gasteiger partial charge in [0.05, 0.1) is 17.9 Å². The fraction of sp³-hybridized carbons (Fsp3) is 0.368. The van der Waals surface area contributed by atoms with Gasteiger partial charge in [0, 0.05) is 25.5 Å². The number of ether oxygens (including phenoxy) is 1. The largest absolute Gasteiger partial charge is 0.384 e. The molecule has 1 atom stereocenters. The van der Waals surface area contributed by atoms with Crippen LogP contribution in [0.15, 0.2) is 35.6 Å². The molecule has 4 rings (SSSR count). The Balaban J connectivity index is 1.68. The summed E-state index contributed by atoms with van der Waals surface area (Å²) in [4.78, 5) is 21.5. The number of carbonyl (C=O) groups is 1. The van der Waals surface area contributed by atoms with Gasteiger partial charge in [0.15, 0.2) is 5.78 Å². The predicted octanol–water partition coefficient (Wildman–Crippen LogP) is 3.08. The van der Waals surface area contributed by atoms with Crippen molar-refractivity contribution in [3.05, 3.63) is 52.8 Å². The van der Waals surface area contributed by atoms with Crippen LogP contribution in [0.25, 0.3) is 5.78 Å². The molecule has 2 heterocycles. The lowest BCUT2D eigenvalue weighted by atomic mass is 9.82. The highest BCUT2D eigenvalue weighted by molar-refractivity contribution is 7.99. The van der Waals surface area contributed by atoms with Crippen molar-refractivity contribution in [2.24, 2.45) is 0 Å². The van der Waals surface area contributed by atoms with Crippen LogP contribution < -0.4 is 0 Å². The van der Waals surface area contributed by atoms with Crippen molar-refractivity contribution >= 4 is 23.3 Å². The quantitative estimate of drug-likeness (QED) is 0.509. The molecule has 1 aliphatic rings. The Morgan fingerprint density at radius 2 is 2.08 bits per heavy atom. The monoisotopic (exact) mass is 368 g/mol. The Labute approximate surface area is 156 Å². The fourth-order valence-corrected chi connectivity index (χ4v) is 4.00. The maximum absolute atomic E-state index is 12.7. The molecule has 6 nitrogen and oxygen atoms in total. The van der Waals surface area contributed by atoms with Crippen molar-refractivity contribution in [3.8, 4) is 0 Å². The molecule has 1 unspecified atom stereocenters. The van der Waals surface area contributed by atoms with Gasteiger partial charge in [0.2, 0.25) is 5.16 Å². The minimum absolute atomic E-state index is 0.121. The number of methoxy groups -OCH3 is 1. The van der Waals surface area contributed by atoms with E-state index in [9.17, 15) is 4.79 Å². The van der Waals surface area contributed by atoms with Gasteiger partial charge in [-0.15, -0.1) is 5.10 Å². The lowest BCUT2D eigenvalue weighted by Gasteiger charge is -2.23. The molecule has 1 aliphatic carbocycles. The Kier molecular flexibility index (Phi) is 4.74. The third kappa shape index (κ3) is 3.24. The van der Waals surface area contributed by atoms with Crippen LogP contribution in [-0.2, 0) is 11.2 Å². The Morgan fingerprint density at radius 1 is 1.27 bits per heavy atom. The molecule has 7 heteroatoms. The molecule has 0 amide bonds. The van der Waals surface area contributed by atoms with Gasteiger partial charge in [-0.05, 0) is 24.8 Å². The van der Waals surface area contributed by atoms with E-state index in [1.807, 2.05) is 0 Å². The lowest BCUT2D eigenvalue weighted by molar-refractivity contribution is 0.0962. The zero-order valence-electron chi connectivity index (χ0n) is 14.8. The standard InChI is InChI=1S/C19H20N4O2S/c1-12-3-5-13(6-4-12)14-9-16-15(17(24)10-14)11-20-18-21-19(22-23(16)18)26-8-7-25-2/h3-6,11,14H,7-10H2,1-2H3. The minimum Gasteiger partial charge on any atom is -0.384 e. The van der Waals surface area contributed by atoms with Gasteiger partial charge in [0.1, 0.15) is 0 Å². The number of thioether (sulfide) groups is 1. The van der Waals surface area contributed by atoms with Crippen molar-refractivity contribution in [3.63, 3.8) is 0 Å². The minimum atomic E-state index is 0.121. The second-order valence-electron chi connectivity index (χ2n) is 6.51. The summed E-state index contributed by atoms with van der Waals surface area (Å²) in [5.74, 6) is 1.60. The van der Waals surface area contributed by atoms with Crippen molar-refractivity contribution in [2.75, 3.05) is 19.5 Å². The zero-order valence-corrected chi connectivity index (χ0v) is 15.6. The average Bonchev–Trinajstić information content (AvgIpc) is 3.06. The summed E-state index contributed by atoms with van der Waals surface area (Å²) in [7, 11) is 1.67. The highest BCUT2D eigenvalue weighted by atomic mass is 32.2. The summed E-state index contributed by atoms with van der Waals surface area (Å²) < 4.78 is 6.81. The van der Waals surface area contributed by atoms with E-state index in [1.165, 1.54) is 22.9 Å². The van der Waals surface area contributed by atoms with Gasteiger partial charge in [-0.3, -0.25) is 4.79 Å². The molecular weight excluding hydrogens is 348 g/mol. The number of carbonyl (C=O) groups excluding carboxylic acids is 1. The zero-order chi connectivity index (χ0) is 18.1. The number of hydrogen-bond acceptors (Lipinski definition) is 6. The van der Waals surface area contributed by atoms with E-state index in [2.05, 4.69) is 46.3 Å². The van der Waals surface area contributed by atoms with Crippen molar-refractivity contribution in [1.82, 2.24) is 19.6 Å². The lowest BCUT2D eigenvalue weighted by Crippen LogP contribution is -2.22. The van der Waals surface area contributed by atoms with E-state index in [0.717, 1.165) is 17.9 Å². The van der Waals surface area contributed by atoms with Gasteiger partial charge < -0.3 is 4.74 Å². The summed E-state index contributed by atoms with van der Waals surface area (Å²) in [6.07, 6.45) is 2.92. The van der Waals surface area contributed by atoms with Crippen molar-refractivity contribution in [1.29, 1.82) is 0 Å². The van der Waals surface area contributed by atoms with Gasteiger partial charge in [-0.25, -0.2) is 4.98 Å². The first kappa shape index (κ1) is 17.2. The first-order valence-electron chi connectivity index (χ1n) is 8.62. The molecule has 0 radical (unpaired) electrons. The molecule has 3 aromatic rings. The Bertz CT molecular complexity index is 952. The topological polar surface area (TPSA) is 69.4 Å². The van der Waals surface area contributed by atoms with E-state index < -0.39 is 0 Å². The van der Waals surface area contributed by atoms with E-state index >= 15 is 0 Å². The maximum Gasteiger partial charge on any atom is 0.253 e. The molecule has 2 aromatic heterocycles. The molecule has 0 saturated heterocycles. The van der Waals surface area contributed by atoms with Crippen LogP contribution in [0.3, 0.4) is 0 Å². The van der Waals surface area contributed by atoms with E-state index in [4.69, 9.17) is 4.74 Å². The van der Waals surface area contributed by atoms with Crippen LogP contribution in [0.2, 0.25) is 0 Å². The third-order valence-electron chi connectivity index (χ3n) is 4.69. The fourth-order valence-electron chi connectivity index (χ4n) is 3.28. The van der Waals surface area contributed by atoms with Crippen LogP contribution in [0.4, 0.5) is 0 Å². The van der Waals surface area contributed by atoms with Crippen LogP contribution in [0.1, 0.15) is 39.5 Å². The smallest absolute Gasteiger partial charge is 0.253 e. The van der Waals surface area contributed by atoms with Crippen molar-refractivity contribution < 1.29 is 9.53 Å². The molecular formula is C19H20N4O2S. The number of benzene rings is 1. The molecule has 1 aromatic carbocycles. The number of aryl methyl sites for hydroxylation is 1. The van der Waals surface area contributed by atoms with Gasteiger partial charge in [-0.2, -0.15) is 9.50 Å². The summed E-state index contributed by atoms with van der Waals surface area (Å²) in [5, 5.41) is 5.23. The first-order valence-corrected chi connectivity index (χ1v) is 9.60. The number of ketones is 1. The van der Waals surface area contributed by atoms with Crippen LogP contribution in [0.5, 0.6) is 0 Å². The van der Waals surface area contributed by atoms with E-state index in [0.29, 0.717) is 29.5 Å². The first-order chi connectivity index (χ1) is 12.7. The summed E-state index contributed by atoms with van der Waals surface area (Å²) in [6, 6.07) is 8.42. The number of nitrogens with zero attached hydrogens (tertiary/aromatic N) is 4. The normalized spacial score (nSPS) is 16.8. The predicted molar refractivity (Wildman–Crippen MR) is 100.0 cm³/mol. The molecule has 134 valence electrons. The van der Waals surface area contributed by atoms with E-state index in [-0.39, 0.29) is 11.7 Å². The van der Waals surface area contributed by atoms with Gasteiger partial charge in [0.25, 0.3) is 5.78 Å². The summed E-state index contributed by atoms with van der Waals surface area (Å²) in [5.41, 5.74) is 3.98. The van der Waals surface area contributed by atoms with Gasteiger partial charge >= 0.3 is 0 Å². The molecule has 0 spiro atoms. The number of Topliss-reactive ketones (excluding diaryl/α,β-unsaturated/α-hetero) is 1. The Morgan fingerprint density at radius 3 is 2.85 bits per heavy atom. The van der Waals surface area contributed by atoms with Crippen LogP contribution in [0, 0.1) is 6.92 Å². The third-order valence-corrected chi connectivity index (χ3v) is 5.49. The second-order valence-corrected chi connectivity index (χ2v) is 7.57. The second kappa shape index (κ2) is 7.17. The maximum atomic E-state index is 12.7. The number of rotatable bonds is 5. The molecule has 0 aliphatic heterocycles.